The number of benzene rings is 1. The summed E-state index contributed by atoms with van der Waals surface area (Å²) in [5.74, 6) is -1.85. The number of rotatable bonds is 8. The molecule has 2 amide bonds. The highest BCUT2D eigenvalue weighted by Crippen LogP contribution is 2.60. The monoisotopic (exact) mass is 432 g/mol. The number of nitrogens with zero attached hydrogens (tertiary/aromatic N) is 1. The van der Waals surface area contributed by atoms with Crippen molar-refractivity contribution in [3.63, 3.8) is 0 Å². The molecule has 3 atom stereocenters. The van der Waals surface area contributed by atoms with E-state index < -0.39 is 30.4 Å². The molecule has 2 aliphatic heterocycles. The molecule has 4 rings (SSSR count). The smallest absolute Gasteiger partial charge is 0.526 e. The molecule has 0 radical (unpaired) electrons. The summed E-state index contributed by atoms with van der Waals surface area (Å²) in [6, 6.07) is 3.43. The summed E-state index contributed by atoms with van der Waals surface area (Å²) in [6.07, 6.45) is 0.485. The molecule has 0 spiro atoms. The molecule has 1 unspecified atom stereocenters. The Bertz CT molecular complexity index is 934. The van der Waals surface area contributed by atoms with Crippen molar-refractivity contribution < 1.29 is 33.9 Å². The van der Waals surface area contributed by atoms with E-state index in [9.17, 15) is 24.5 Å². The van der Waals surface area contributed by atoms with Crippen molar-refractivity contribution in [2.24, 2.45) is 11.5 Å². The van der Waals surface area contributed by atoms with Crippen LogP contribution in [0.5, 0.6) is 11.5 Å². The van der Waals surface area contributed by atoms with Crippen LogP contribution in [-0.2, 0) is 9.59 Å². The summed E-state index contributed by atoms with van der Waals surface area (Å²) in [5, 5.41) is 22.1. The van der Waals surface area contributed by atoms with Crippen LogP contribution in [0.4, 0.5) is 0 Å². The van der Waals surface area contributed by atoms with Crippen LogP contribution in [0.25, 0.3) is 0 Å². The predicted molar refractivity (Wildman–Crippen MR) is 109 cm³/mol. The van der Waals surface area contributed by atoms with Crippen molar-refractivity contribution in [3.8, 4) is 11.5 Å². The van der Waals surface area contributed by atoms with E-state index in [4.69, 9.17) is 20.9 Å². The number of amides is 2. The number of carboxylic acid groups (broad SMARTS) is 1. The van der Waals surface area contributed by atoms with Crippen molar-refractivity contribution in [1.29, 1.82) is 0 Å². The lowest BCUT2D eigenvalue weighted by Crippen LogP contribution is -2.64. The summed E-state index contributed by atoms with van der Waals surface area (Å²) in [4.78, 5) is 36.7. The predicted octanol–water partition coefficient (Wildman–Crippen LogP) is -1.50. The number of hydrogen-bond donors (Lipinski definition) is 5. The van der Waals surface area contributed by atoms with Crippen LogP contribution in [0.2, 0.25) is 5.82 Å². The van der Waals surface area contributed by atoms with Gasteiger partial charge in [0.1, 0.15) is 28.7 Å². The second-order valence-corrected chi connectivity index (χ2v) is 8.68. The summed E-state index contributed by atoms with van der Waals surface area (Å²) in [7, 11) is -1.01. The Kier molecular flexibility index (Phi) is 5.32. The Morgan fingerprint density at radius 3 is 2.74 bits per heavy atom. The van der Waals surface area contributed by atoms with Gasteiger partial charge in [0, 0.05) is 25.5 Å². The van der Waals surface area contributed by atoms with Crippen LogP contribution in [0.3, 0.4) is 0 Å². The van der Waals surface area contributed by atoms with Crippen LogP contribution in [0.15, 0.2) is 12.1 Å². The maximum Gasteiger partial charge on any atom is 0.526 e. The van der Waals surface area contributed by atoms with Gasteiger partial charge in [-0.25, -0.2) is 4.79 Å². The van der Waals surface area contributed by atoms with Gasteiger partial charge in [-0.2, -0.15) is 0 Å². The fraction of sp³-hybridized carbons (Fsp3) is 0.526. The molecule has 0 aromatic heterocycles. The number of hydrogen-bond acceptors (Lipinski definition) is 8. The first-order valence-electron chi connectivity index (χ1n) is 10.1. The normalized spacial score (nSPS) is 24.0. The Hall–Kier alpha value is -2.83. The van der Waals surface area contributed by atoms with E-state index >= 15 is 0 Å². The van der Waals surface area contributed by atoms with Gasteiger partial charge in [-0.3, -0.25) is 14.5 Å². The third-order valence-electron chi connectivity index (χ3n) is 5.92. The van der Waals surface area contributed by atoms with Gasteiger partial charge in [0.25, 0.3) is 0 Å². The number of carbonyl (C=O) groups is 3. The van der Waals surface area contributed by atoms with Gasteiger partial charge in [-0.1, -0.05) is 6.07 Å². The SMILES string of the molecule is CC(N)(CN1CC(Oc2ccc3c(c2C(=O)O)OB(O)[C@H]2C[C@@H]32)C1)C(=O)NCC(N)=O. The molecule has 2 heterocycles. The van der Waals surface area contributed by atoms with E-state index in [-0.39, 0.29) is 48.0 Å². The van der Waals surface area contributed by atoms with Crippen LogP contribution in [0.1, 0.15) is 35.2 Å². The summed E-state index contributed by atoms with van der Waals surface area (Å²) < 4.78 is 11.4. The number of ether oxygens (including phenoxy) is 1. The number of carbonyl (C=O) groups excluding carboxylic acids is 2. The van der Waals surface area contributed by atoms with Crippen LogP contribution in [-0.4, -0.2) is 77.8 Å². The molecule has 7 N–H and O–H groups in total. The lowest BCUT2D eigenvalue weighted by Gasteiger charge is -2.42. The lowest BCUT2D eigenvalue weighted by molar-refractivity contribution is -0.129. The van der Waals surface area contributed by atoms with Gasteiger partial charge >= 0.3 is 13.1 Å². The minimum atomic E-state index is -1.23. The first-order valence-corrected chi connectivity index (χ1v) is 10.1. The number of primary amides is 1. The molecule has 3 aliphatic rings. The molecule has 1 saturated carbocycles. The molecule has 1 saturated heterocycles. The molecule has 1 aliphatic carbocycles. The zero-order valence-electron chi connectivity index (χ0n) is 17.0. The fourth-order valence-electron chi connectivity index (χ4n) is 4.21. The standard InChI is InChI=1S/C19H25BN4O7/c1-19(22,18(28)23-5-14(21)25)8-24-6-9(7-24)30-13-3-2-10-11-4-12(11)20(29)31-16(10)15(13)17(26)27/h2-3,9,11-12,29H,4-8,22H2,1H3,(H2,21,25)(H,23,28)(H,26,27)/t11-,12-,19?/m0/s1. The van der Waals surface area contributed by atoms with E-state index in [0.717, 1.165) is 12.0 Å². The minimum Gasteiger partial charge on any atom is -0.535 e. The highest BCUT2D eigenvalue weighted by Gasteiger charge is 2.54. The zero-order valence-corrected chi connectivity index (χ0v) is 17.0. The Morgan fingerprint density at radius 2 is 2.10 bits per heavy atom. The van der Waals surface area contributed by atoms with Crippen molar-refractivity contribution in [2.75, 3.05) is 26.2 Å². The van der Waals surface area contributed by atoms with Crippen molar-refractivity contribution >= 4 is 24.9 Å². The zero-order chi connectivity index (χ0) is 22.5. The summed E-state index contributed by atoms with van der Waals surface area (Å²) in [5.41, 5.74) is 10.5. The van der Waals surface area contributed by atoms with Crippen molar-refractivity contribution in [3.05, 3.63) is 23.3 Å². The van der Waals surface area contributed by atoms with Gasteiger partial charge in [0.2, 0.25) is 11.8 Å². The Balaban J connectivity index is 1.38. The number of carboxylic acids is 1. The summed E-state index contributed by atoms with van der Waals surface area (Å²) in [6.45, 7) is 2.38. The molecule has 166 valence electrons. The third kappa shape index (κ3) is 4.18. The van der Waals surface area contributed by atoms with Gasteiger partial charge < -0.3 is 36.3 Å². The second-order valence-electron chi connectivity index (χ2n) is 8.68. The van der Waals surface area contributed by atoms with Gasteiger partial charge in [0.15, 0.2) is 0 Å². The van der Waals surface area contributed by atoms with Gasteiger partial charge in [-0.15, -0.1) is 0 Å². The third-order valence-corrected chi connectivity index (χ3v) is 5.92. The van der Waals surface area contributed by atoms with Gasteiger partial charge in [-0.05, 0) is 30.9 Å². The molecule has 2 fully saturated rings. The quantitative estimate of drug-likeness (QED) is 0.306. The molecular formula is C19H25BN4O7. The van der Waals surface area contributed by atoms with E-state index in [1.165, 1.54) is 0 Å². The van der Waals surface area contributed by atoms with Crippen molar-refractivity contribution in [2.45, 2.75) is 36.7 Å². The molecule has 1 aromatic carbocycles. The molecule has 0 bridgehead atoms. The molecular weight excluding hydrogens is 407 g/mol. The van der Waals surface area contributed by atoms with Gasteiger partial charge in [0.05, 0.1) is 6.54 Å². The largest absolute Gasteiger partial charge is 0.535 e. The van der Waals surface area contributed by atoms with E-state index in [1.54, 1.807) is 19.1 Å². The Morgan fingerprint density at radius 1 is 1.39 bits per heavy atom. The highest BCUT2D eigenvalue weighted by atomic mass is 16.5. The number of fused-ring (bicyclic) bond motifs is 3. The van der Waals surface area contributed by atoms with E-state index in [0.29, 0.717) is 13.1 Å². The topological polar surface area (TPSA) is 177 Å². The number of aromatic carboxylic acids is 1. The molecule has 31 heavy (non-hydrogen) atoms. The molecule has 1 aromatic rings. The highest BCUT2D eigenvalue weighted by molar-refractivity contribution is 6.48. The van der Waals surface area contributed by atoms with E-state index in [2.05, 4.69) is 5.32 Å². The number of likely N-dealkylation sites (tertiary alicyclic amines) is 1. The average Bonchev–Trinajstić information content (AvgIpc) is 3.45. The maximum absolute atomic E-state index is 12.1. The molecule has 11 nitrogen and oxygen atoms in total. The summed E-state index contributed by atoms with van der Waals surface area (Å²) >= 11 is 0. The minimum absolute atomic E-state index is 0.0202. The average molecular weight is 432 g/mol. The second kappa shape index (κ2) is 7.70. The van der Waals surface area contributed by atoms with Crippen LogP contribution < -0.4 is 26.2 Å². The first-order chi connectivity index (χ1) is 14.6. The van der Waals surface area contributed by atoms with Crippen LogP contribution in [0, 0.1) is 0 Å². The lowest BCUT2D eigenvalue weighted by atomic mass is 9.77. The van der Waals surface area contributed by atoms with Crippen LogP contribution >= 0.6 is 0 Å². The van der Waals surface area contributed by atoms with Crippen molar-refractivity contribution in [1.82, 2.24) is 10.2 Å². The maximum atomic E-state index is 12.1. The fourth-order valence-corrected chi connectivity index (χ4v) is 4.21. The number of nitrogens with two attached hydrogens (primary N) is 2. The first kappa shape index (κ1) is 21.4. The Labute approximate surface area is 178 Å². The number of nitrogens with one attached hydrogen (secondary N) is 1. The van der Waals surface area contributed by atoms with E-state index in [1.807, 2.05) is 4.90 Å². The molecule has 12 heteroatoms.